The van der Waals surface area contributed by atoms with Crippen LogP contribution in [0.3, 0.4) is 0 Å². The average Bonchev–Trinajstić information content (AvgIpc) is 3.45. The number of fused-ring (bicyclic) bond motifs is 2. The molecule has 4 aromatic rings. The predicted octanol–water partition coefficient (Wildman–Crippen LogP) is 4.03. The fourth-order valence-corrected chi connectivity index (χ4v) is 34.1. The van der Waals surface area contributed by atoms with E-state index in [0.717, 1.165) is 5.54 Å². The van der Waals surface area contributed by atoms with Crippen LogP contribution in [-0.4, -0.2) is 5.92 Å². The largest absolute Gasteiger partial charge is 1.00 e. The quantitative estimate of drug-likeness (QED) is 0.275. The van der Waals surface area contributed by atoms with E-state index >= 15 is 0 Å². The summed E-state index contributed by atoms with van der Waals surface area (Å²) in [6.07, 6.45) is 5.11. The van der Waals surface area contributed by atoms with Gasteiger partial charge in [-0.1, -0.05) is 0 Å². The van der Waals surface area contributed by atoms with Crippen LogP contribution in [0.1, 0.15) is 57.2 Å². The third-order valence-corrected chi connectivity index (χ3v) is 35.6. The molecule has 0 fully saturated rings. The first-order valence-electron chi connectivity index (χ1n) is 14.1. The summed E-state index contributed by atoms with van der Waals surface area (Å²) in [6, 6.07) is 36.2. The molecular weight excluding hydrogens is 623 g/mol. The van der Waals surface area contributed by atoms with Crippen LogP contribution < -0.4 is 24.8 Å². The molecule has 4 heteroatoms. The minimum absolute atomic E-state index is 0. The van der Waals surface area contributed by atoms with E-state index in [9.17, 15) is 0 Å². The summed E-state index contributed by atoms with van der Waals surface area (Å²) in [7, 11) is 0. The molecule has 0 radical (unpaired) electrons. The van der Waals surface area contributed by atoms with Crippen molar-refractivity contribution in [2.24, 2.45) is 0 Å². The molecule has 4 aromatic carbocycles. The zero-order valence-corrected chi connectivity index (χ0v) is 29.1. The van der Waals surface area contributed by atoms with Crippen LogP contribution in [-0.2, 0) is 20.9 Å². The maximum atomic E-state index is 2.72. The van der Waals surface area contributed by atoms with Crippen molar-refractivity contribution in [3.8, 4) is 22.3 Å². The van der Waals surface area contributed by atoms with Gasteiger partial charge in [0.2, 0.25) is 0 Å². The van der Waals surface area contributed by atoms with Crippen molar-refractivity contribution in [1.82, 2.24) is 0 Å². The first-order chi connectivity index (χ1) is 18.5. The summed E-state index contributed by atoms with van der Waals surface area (Å²) in [5.74, 6) is -0.955. The fourth-order valence-electron chi connectivity index (χ4n) is 6.81. The normalized spacial score (nSPS) is 17.6. The second kappa shape index (κ2) is 12.9. The summed E-state index contributed by atoms with van der Waals surface area (Å²) >= 11 is -2.11. The van der Waals surface area contributed by atoms with Crippen LogP contribution in [0, 0.1) is 0 Å². The van der Waals surface area contributed by atoms with Crippen LogP contribution in [0.15, 0.2) is 108 Å². The summed E-state index contributed by atoms with van der Waals surface area (Å²) in [6.45, 7) is 12.6. The molecule has 0 saturated carbocycles. The molecule has 0 aliphatic heterocycles. The Labute approximate surface area is 261 Å². The van der Waals surface area contributed by atoms with Crippen LogP contribution in [0.25, 0.3) is 34.4 Å². The van der Waals surface area contributed by atoms with Crippen molar-refractivity contribution in [3.05, 3.63) is 130 Å². The maximum Gasteiger partial charge on any atom is -1.00 e. The molecule has 0 saturated heterocycles. The predicted molar refractivity (Wildman–Crippen MR) is 165 cm³/mol. The molecule has 2 aliphatic carbocycles. The van der Waals surface area contributed by atoms with E-state index in [1.807, 2.05) is 0 Å². The minimum Gasteiger partial charge on any atom is -1.00 e. The van der Waals surface area contributed by atoms with Crippen molar-refractivity contribution >= 4 is 18.1 Å². The molecular formula is C36H37Cl2SiZr. The number of hydrogen-bond donors (Lipinski definition) is 0. The van der Waals surface area contributed by atoms with Gasteiger partial charge in [-0.05, 0) is 0 Å². The van der Waals surface area contributed by atoms with Crippen molar-refractivity contribution in [2.75, 3.05) is 0 Å². The van der Waals surface area contributed by atoms with Crippen LogP contribution in [0.2, 0.25) is 12.1 Å². The topological polar surface area (TPSA) is 0 Å². The molecule has 0 bridgehead atoms. The Balaban J connectivity index is 0.00000185. The molecule has 0 N–H and O–H groups in total. The number of benzene rings is 4. The molecule has 2 aliphatic rings. The zero-order chi connectivity index (χ0) is 26.4. The van der Waals surface area contributed by atoms with Crippen LogP contribution in [0.5, 0.6) is 0 Å². The van der Waals surface area contributed by atoms with Gasteiger partial charge in [0.1, 0.15) is 0 Å². The Kier molecular flexibility index (Phi) is 10.0. The molecule has 40 heavy (non-hydrogen) atoms. The molecule has 6 rings (SSSR count). The van der Waals surface area contributed by atoms with Crippen molar-refractivity contribution < 1.29 is 45.7 Å². The second-order valence-electron chi connectivity index (χ2n) is 11.5. The van der Waals surface area contributed by atoms with Gasteiger partial charge in [0.15, 0.2) is 0 Å². The maximum absolute atomic E-state index is 2.72. The molecule has 0 amide bonds. The first kappa shape index (κ1) is 31.0. The summed E-state index contributed by atoms with van der Waals surface area (Å²) in [5.41, 5.74) is 15.8. The van der Waals surface area contributed by atoms with Crippen molar-refractivity contribution in [3.63, 3.8) is 0 Å². The standard InChI is InChI=1S/2C16H13.C4H11Si.2ClH.Zr/c2*1-12-10-14-8-5-9-15(16(14)11-12)13-6-3-2-4-7-13;1-4(2)5-3;;;/h2*2-11H,1H3;4-5H,1-3H3;2*1H;/q;;;;;+2/p-2. The van der Waals surface area contributed by atoms with Gasteiger partial charge in [0.25, 0.3) is 0 Å². The smallest absolute Gasteiger partial charge is 1.00 e. The summed E-state index contributed by atoms with van der Waals surface area (Å²) < 4.78 is 1.33. The van der Waals surface area contributed by atoms with Gasteiger partial charge in [0, 0.05) is 0 Å². The average molecular weight is 660 g/mol. The van der Waals surface area contributed by atoms with E-state index in [0.29, 0.717) is 7.25 Å². The number of rotatable bonds is 6. The third kappa shape index (κ3) is 5.46. The monoisotopic (exact) mass is 657 g/mol. The van der Waals surface area contributed by atoms with E-state index < -0.39 is 26.8 Å². The van der Waals surface area contributed by atoms with E-state index in [2.05, 4.69) is 143 Å². The molecule has 3 atom stereocenters. The van der Waals surface area contributed by atoms with E-state index in [1.54, 1.807) is 22.3 Å². The van der Waals surface area contributed by atoms with Gasteiger partial charge >= 0.3 is 239 Å². The molecule has 0 nitrogen and oxygen atoms in total. The minimum atomic E-state index is -2.11. The Hall–Kier alpha value is -1.96. The molecule has 203 valence electrons. The Morgan fingerprint density at radius 3 is 1.35 bits per heavy atom. The zero-order valence-electron chi connectivity index (χ0n) is 24.0. The van der Waals surface area contributed by atoms with Gasteiger partial charge in [-0.3, -0.25) is 0 Å². The molecule has 0 spiro atoms. The van der Waals surface area contributed by atoms with Crippen LogP contribution >= 0.6 is 0 Å². The SMILES string of the molecule is CC1=Cc2c(-c3ccccc3)cccc2[CH]1[Zr+2]([CH]1C(C)=Cc2c(-c3ccccc3)cccc21)[SiH](C)C(C)C.[Cl-].[Cl-]. The fraction of sp³-hybridized carbons (Fsp3) is 0.222. The van der Waals surface area contributed by atoms with Gasteiger partial charge < -0.3 is 24.8 Å². The van der Waals surface area contributed by atoms with E-state index in [4.69, 9.17) is 0 Å². The van der Waals surface area contributed by atoms with Crippen molar-refractivity contribution in [1.29, 1.82) is 0 Å². The van der Waals surface area contributed by atoms with Crippen molar-refractivity contribution in [2.45, 2.75) is 47.0 Å². The second-order valence-corrected chi connectivity index (χ2v) is 30.4. The third-order valence-electron chi connectivity index (χ3n) is 8.92. The van der Waals surface area contributed by atoms with E-state index in [1.165, 1.54) is 33.4 Å². The summed E-state index contributed by atoms with van der Waals surface area (Å²) in [4.78, 5) is 0. The summed E-state index contributed by atoms with van der Waals surface area (Å²) in [5, 5.41) is 0. The number of halogens is 2. The molecule has 0 aromatic heterocycles. The van der Waals surface area contributed by atoms with Gasteiger partial charge in [-0.2, -0.15) is 0 Å². The molecule has 3 unspecified atom stereocenters. The first-order valence-corrected chi connectivity index (χ1v) is 23.5. The Morgan fingerprint density at radius 1 is 0.575 bits per heavy atom. The Morgan fingerprint density at radius 2 is 0.975 bits per heavy atom. The molecule has 0 heterocycles. The van der Waals surface area contributed by atoms with Gasteiger partial charge in [-0.15, -0.1) is 0 Å². The van der Waals surface area contributed by atoms with E-state index in [-0.39, 0.29) is 24.8 Å². The van der Waals surface area contributed by atoms with Gasteiger partial charge in [0.05, 0.1) is 0 Å². The van der Waals surface area contributed by atoms with Crippen LogP contribution in [0.4, 0.5) is 0 Å². The Bertz CT molecular complexity index is 1430. The number of allylic oxidation sites excluding steroid dienone is 2. The number of hydrogen-bond acceptors (Lipinski definition) is 0. The van der Waals surface area contributed by atoms with Gasteiger partial charge in [-0.25, -0.2) is 0 Å².